The molecule has 1 N–H and O–H groups in total. The Kier molecular flexibility index (Phi) is 6.31. The quantitative estimate of drug-likeness (QED) is 0.755. The third-order valence-corrected chi connectivity index (χ3v) is 3.59. The van der Waals surface area contributed by atoms with Crippen molar-refractivity contribution in [2.75, 3.05) is 18.5 Å². The summed E-state index contributed by atoms with van der Waals surface area (Å²) >= 11 is 3.07. The Bertz CT molecular complexity index is 734. The van der Waals surface area contributed by atoms with Crippen molar-refractivity contribution >= 4 is 33.5 Å². The van der Waals surface area contributed by atoms with E-state index in [2.05, 4.69) is 21.2 Å². The highest BCUT2D eigenvalue weighted by atomic mass is 79.9. The maximum atomic E-state index is 13.0. The van der Waals surface area contributed by atoms with Gasteiger partial charge in [-0.3, -0.25) is 4.79 Å². The van der Waals surface area contributed by atoms with Crippen molar-refractivity contribution in [3.05, 3.63) is 58.3 Å². The first-order valence-corrected chi connectivity index (χ1v) is 7.93. The number of amides is 1. The molecule has 0 aliphatic rings. The zero-order valence-electron chi connectivity index (χ0n) is 12.8. The molecule has 0 bridgehead atoms. The van der Waals surface area contributed by atoms with Gasteiger partial charge < -0.3 is 14.8 Å². The summed E-state index contributed by atoms with van der Waals surface area (Å²) in [5.74, 6) is -0.982. The van der Waals surface area contributed by atoms with Crippen LogP contribution >= 0.6 is 15.9 Å². The number of hydrogen-bond donors (Lipinski definition) is 1. The molecular formula is C17H15BrFNO4. The molecule has 0 unspecified atom stereocenters. The number of anilines is 1. The van der Waals surface area contributed by atoms with E-state index in [1.54, 1.807) is 24.3 Å². The second kappa shape index (κ2) is 8.44. The van der Waals surface area contributed by atoms with Crippen LogP contribution in [0, 0.1) is 5.82 Å². The van der Waals surface area contributed by atoms with Crippen LogP contribution < -0.4 is 10.1 Å². The molecule has 126 valence electrons. The Morgan fingerprint density at radius 1 is 1.17 bits per heavy atom. The smallest absolute Gasteiger partial charge is 0.339 e. The van der Waals surface area contributed by atoms with E-state index in [0.717, 1.165) is 12.1 Å². The third-order valence-electron chi connectivity index (χ3n) is 2.93. The molecule has 0 fully saturated rings. The van der Waals surface area contributed by atoms with Crippen LogP contribution in [0.2, 0.25) is 0 Å². The number of rotatable bonds is 6. The molecule has 0 saturated heterocycles. The lowest BCUT2D eigenvalue weighted by molar-refractivity contribution is -0.119. The Hall–Kier alpha value is -2.41. The van der Waals surface area contributed by atoms with Gasteiger partial charge in [0.25, 0.3) is 5.91 Å². The summed E-state index contributed by atoms with van der Waals surface area (Å²) < 4.78 is 23.5. The highest BCUT2D eigenvalue weighted by molar-refractivity contribution is 9.10. The molecule has 1 amide bonds. The van der Waals surface area contributed by atoms with Gasteiger partial charge >= 0.3 is 5.97 Å². The van der Waals surface area contributed by atoms with E-state index in [0.29, 0.717) is 18.0 Å². The summed E-state index contributed by atoms with van der Waals surface area (Å²) in [5.41, 5.74) is 0.702. The lowest BCUT2D eigenvalue weighted by Crippen LogP contribution is -2.21. The molecule has 0 aliphatic carbocycles. The van der Waals surface area contributed by atoms with Gasteiger partial charge in [0, 0.05) is 10.2 Å². The van der Waals surface area contributed by atoms with Crippen molar-refractivity contribution in [2.24, 2.45) is 0 Å². The minimum atomic E-state index is -0.719. The first-order chi connectivity index (χ1) is 11.5. The van der Waals surface area contributed by atoms with Gasteiger partial charge in [0.1, 0.15) is 11.6 Å². The molecule has 0 atom stereocenters. The van der Waals surface area contributed by atoms with Gasteiger partial charge in [0.15, 0.2) is 6.61 Å². The molecular weight excluding hydrogens is 381 g/mol. The van der Waals surface area contributed by atoms with E-state index < -0.39 is 24.3 Å². The Balaban J connectivity index is 1.87. The van der Waals surface area contributed by atoms with E-state index >= 15 is 0 Å². The summed E-state index contributed by atoms with van der Waals surface area (Å²) in [6.07, 6.45) is 0. The van der Waals surface area contributed by atoms with E-state index in [1.807, 2.05) is 6.92 Å². The maximum absolute atomic E-state index is 13.0. The van der Waals surface area contributed by atoms with Crippen LogP contribution in [-0.2, 0) is 9.53 Å². The van der Waals surface area contributed by atoms with Crippen molar-refractivity contribution in [3.63, 3.8) is 0 Å². The van der Waals surface area contributed by atoms with Gasteiger partial charge in [-0.25, -0.2) is 9.18 Å². The van der Waals surface area contributed by atoms with Gasteiger partial charge in [0.05, 0.1) is 12.2 Å². The zero-order chi connectivity index (χ0) is 17.5. The predicted molar refractivity (Wildman–Crippen MR) is 90.6 cm³/mol. The average Bonchev–Trinajstić information content (AvgIpc) is 2.55. The highest BCUT2D eigenvalue weighted by Crippen LogP contribution is 2.19. The molecule has 5 nitrogen and oxygen atoms in total. The molecule has 0 aromatic heterocycles. The number of nitrogens with one attached hydrogen (secondary N) is 1. The van der Waals surface area contributed by atoms with Crippen molar-refractivity contribution in [1.29, 1.82) is 0 Å². The van der Waals surface area contributed by atoms with E-state index in [-0.39, 0.29) is 10.0 Å². The molecule has 0 radical (unpaired) electrons. The van der Waals surface area contributed by atoms with Crippen molar-refractivity contribution in [2.45, 2.75) is 6.92 Å². The summed E-state index contributed by atoms with van der Waals surface area (Å²) in [6.45, 7) is 1.99. The van der Waals surface area contributed by atoms with Crippen molar-refractivity contribution in [3.8, 4) is 5.75 Å². The van der Waals surface area contributed by atoms with Crippen LogP contribution in [0.1, 0.15) is 17.3 Å². The number of ether oxygens (including phenoxy) is 2. The Morgan fingerprint density at radius 3 is 2.50 bits per heavy atom. The van der Waals surface area contributed by atoms with Crippen molar-refractivity contribution < 1.29 is 23.5 Å². The number of carbonyl (C=O) groups excluding carboxylic acids is 2. The first-order valence-electron chi connectivity index (χ1n) is 7.14. The Morgan fingerprint density at radius 2 is 1.88 bits per heavy atom. The number of hydrogen-bond acceptors (Lipinski definition) is 4. The van der Waals surface area contributed by atoms with Gasteiger partial charge in [-0.15, -0.1) is 0 Å². The molecule has 2 rings (SSSR count). The second-order valence-corrected chi connectivity index (χ2v) is 5.56. The van der Waals surface area contributed by atoms with E-state index in [9.17, 15) is 14.0 Å². The molecule has 7 heteroatoms. The normalized spacial score (nSPS) is 10.1. The molecule has 0 aliphatic heterocycles. The SMILES string of the molecule is CCOc1ccc(NC(=O)COC(=O)c2ccc(F)cc2Br)cc1. The molecule has 2 aromatic carbocycles. The average molecular weight is 396 g/mol. The monoisotopic (exact) mass is 395 g/mol. The van der Waals surface area contributed by atoms with Gasteiger partial charge in [0.2, 0.25) is 0 Å². The highest BCUT2D eigenvalue weighted by Gasteiger charge is 2.14. The van der Waals surface area contributed by atoms with Crippen LogP contribution in [0.25, 0.3) is 0 Å². The predicted octanol–water partition coefficient (Wildman–Crippen LogP) is 3.78. The summed E-state index contributed by atoms with van der Waals surface area (Å²) in [4.78, 5) is 23.7. The van der Waals surface area contributed by atoms with Gasteiger partial charge in [-0.05, 0) is 65.3 Å². The van der Waals surface area contributed by atoms with Gasteiger partial charge in [-0.1, -0.05) is 0 Å². The summed E-state index contributed by atoms with van der Waals surface area (Å²) in [5, 5.41) is 2.60. The largest absolute Gasteiger partial charge is 0.494 e. The fraction of sp³-hybridized carbons (Fsp3) is 0.176. The fourth-order valence-electron chi connectivity index (χ4n) is 1.86. The Labute approximate surface area is 146 Å². The standard InChI is InChI=1S/C17H15BrFNO4/c1-2-23-13-6-4-12(5-7-13)20-16(21)10-24-17(22)14-8-3-11(19)9-15(14)18/h3-9H,2,10H2,1H3,(H,20,21). The van der Waals surface area contributed by atoms with Gasteiger partial charge in [-0.2, -0.15) is 0 Å². The maximum Gasteiger partial charge on any atom is 0.339 e. The third kappa shape index (κ3) is 5.06. The minimum absolute atomic E-state index is 0.144. The fourth-order valence-corrected chi connectivity index (χ4v) is 2.37. The van der Waals surface area contributed by atoms with E-state index in [1.165, 1.54) is 6.07 Å². The topological polar surface area (TPSA) is 64.6 Å². The number of benzene rings is 2. The molecule has 0 heterocycles. The van der Waals surface area contributed by atoms with E-state index in [4.69, 9.17) is 9.47 Å². The molecule has 0 saturated carbocycles. The number of esters is 1. The molecule has 24 heavy (non-hydrogen) atoms. The van der Waals surface area contributed by atoms with Crippen LogP contribution in [0.15, 0.2) is 46.9 Å². The first kappa shape index (κ1) is 17.9. The van der Waals surface area contributed by atoms with Crippen LogP contribution in [-0.4, -0.2) is 25.1 Å². The summed E-state index contributed by atoms with van der Waals surface area (Å²) in [6, 6.07) is 10.4. The van der Waals surface area contributed by atoms with Crippen LogP contribution in [0.5, 0.6) is 5.75 Å². The number of carbonyl (C=O) groups is 2. The molecule has 0 spiro atoms. The van der Waals surface area contributed by atoms with Crippen molar-refractivity contribution in [1.82, 2.24) is 0 Å². The second-order valence-electron chi connectivity index (χ2n) is 4.71. The summed E-state index contributed by atoms with van der Waals surface area (Å²) in [7, 11) is 0. The van der Waals surface area contributed by atoms with Crippen LogP contribution in [0.4, 0.5) is 10.1 Å². The lowest BCUT2D eigenvalue weighted by Gasteiger charge is -2.08. The minimum Gasteiger partial charge on any atom is -0.494 e. The number of halogens is 2. The zero-order valence-corrected chi connectivity index (χ0v) is 14.4. The van der Waals surface area contributed by atoms with Crippen LogP contribution in [0.3, 0.4) is 0 Å². The lowest BCUT2D eigenvalue weighted by atomic mass is 10.2. The molecule has 2 aromatic rings.